The van der Waals surface area contributed by atoms with Crippen LogP contribution in [0, 0.1) is 0 Å². The Balaban J connectivity index is 1.81. The number of hydrogen-bond acceptors (Lipinski definition) is 4. The van der Waals surface area contributed by atoms with E-state index in [1.807, 2.05) is 17.5 Å². The van der Waals surface area contributed by atoms with Crippen molar-refractivity contribution in [3.05, 3.63) is 57.8 Å². The average molecular weight is 301 g/mol. The number of hydrogen-bond donors (Lipinski definition) is 1. The molecule has 1 amide bonds. The van der Waals surface area contributed by atoms with Gasteiger partial charge in [-0.15, -0.1) is 11.3 Å². The number of primary amides is 1. The first-order valence-electron chi connectivity index (χ1n) is 6.79. The number of benzene rings is 1. The predicted octanol–water partition coefficient (Wildman–Crippen LogP) is 3.01. The van der Waals surface area contributed by atoms with Gasteiger partial charge in [0.15, 0.2) is 0 Å². The molecule has 4 nitrogen and oxygen atoms in total. The minimum absolute atomic E-state index is 0.461. The number of carbonyl (C=O) groups is 2. The summed E-state index contributed by atoms with van der Waals surface area (Å²) in [7, 11) is 0. The Labute approximate surface area is 126 Å². The highest BCUT2D eigenvalue weighted by atomic mass is 32.1. The minimum atomic E-state index is -1.05. The number of ether oxygens (including phenoxy) is 1. The Bertz CT molecular complexity index is 661. The molecule has 0 bridgehead atoms. The van der Waals surface area contributed by atoms with Crippen LogP contribution >= 0.6 is 11.3 Å². The fourth-order valence-corrected chi connectivity index (χ4v) is 3.15. The SMILES string of the molecule is NC(=O)[C@H](OC(=O)c1sccc1C1CC1)c1ccccc1. The number of rotatable bonds is 5. The Morgan fingerprint density at radius 1 is 1.19 bits per heavy atom. The molecule has 0 radical (unpaired) electrons. The van der Waals surface area contributed by atoms with Gasteiger partial charge in [0.25, 0.3) is 5.91 Å². The van der Waals surface area contributed by atoms with Crippen LogP contribution < -0.4 is 5.73 Å². The zero-order valence-electron chi connectivity index (χ0n) is 11.3. The van der Waals surface area contributed by atoms with E-state index in [9.17, 15) is 9.59 Å². The monoisotopic (exact) mass is 301 g/mol. The van der Waals surface area contributed by atoms with Gasteiger partial charge < -0.3 is 10.5 Å². The number of amides is 1. The van der Waals surface area contributed by atoms with Crippen LogP contribution in [0.15, 0.2) is 41.8 Å². The van der Waals surface area contributed by atoms with E-state index in [-0.39, 0.29) is 0 Å². The van der Waals surface area contributed by atoms with Crippen molar-refractivity contribution in [2.45, 2.75) is 24.9 Å². The summed E-state index contributed by atoms with van der Waals surface area (Å²) in [6.45, 7) is 0. The second kappa shape index (κ2) is 5.69. The maximum Gasteiger partial charge on any atom is 0.349 e. The number of esters is 1. The smallest absolute Gasteiger partial charge is 0.349 e. The molecule has 1 aromatic carbocycles. The Hall–Kier alpha value is -2.14. The van der Waals surface area contributed by atoms with Crippen LogP contribution in [0.25, 0.3) is 0 Å². The summed E-state index contributed by atoms with van der Waals surface area (Å²) in [5.41, 5.74) is 6.98. The van der Waals surface area contributed by atoms with Crippen molar-refractivity contribution in [3.63, 3.8) is 0 Å². The topological polar surface area (TPSA) is 69.4 Å². The summed E-state index contributed by atoms with van der Waals surface area (Å²) >= 11 is 1.35. The van der Waals surface area contributed by atoms with Crippen LogP contribution in [0.4, 0.5) is 0 Å². The van der Waals surface area contributed by atoms with E-state index in [1.54, 1.807) is 24.3 Å². The van der Waals surface area contributed by atoms with Gasteiger partial charge in [-0.2, -0.15) is 0 Å². The predicted molar refractivity (Wildman–Crippen MR) is 80.1 cm³/mol. The van der Waals surface area contributed by atoms with E-state index >= 15 is 0 Å². The van der Waals surface area contributed by atoms with Gasteiger partial charge in [0, 0.05) is 5.56 Å². The van der Waals surface area contributed by atoms with E-state index in [0.29, 0.717) is 16.4 Å². The summed E-state index contributed by atoms with van der Waals surface area (Å²) in [6.07, 6.45) is 1.16. The average Bonchev–Trinajstić information content (AvgIpc) is 3.22. The van der Waals surface area contributed by atoms with Crippen molar-refractivity contribution >= 4 is 23.2 Å². The third-order valence-electron chi connectivity index (χ3n) is 3.48. The molecule has 1 fully saturated rings. The normalized spacial score (nSPS) is 15.4. The van der Waals surface area contributed by atoms with Gasteiger partial charge in [-0.25, -0.2) is 4.79 Å². The first-order chi connectivity index (χ1) is 10.2. The molecule has 1 heterocycles. The largest absolute Gasteiger partial charge is 0.443 e. The van der Waals surface area contributed by atoms with Gasteiger partial charge in [-0.1, -0.05) is 30.3 Å². The lowest BCUT2D eigenvalue weighted by Crippen LogP contribution is -2.26. The summed E-state index contributed by atoms with van der Waals surface area (Å²) in [6, 6.07) is 10.8. The van der Waals surface area contributed by atoms with Crippen LogP contribution in [0.1, 0.15) is 45.7 Å². The molecule has 108 valence electrons. The number of carbonyl (C=O) groups excluding carboxylic acids is 2. The number of nitrogens with two attached hydrogens (primary N) is 1. The highest BCUT2D eigenvalue weighted by molar-refractivity contribution is 7.12. The molecule has 1 aromatic heterocycles. The molecule has 0 unspecified atom stereocenters. The fourth-order valence-electron chi connectivity index (χ4n) is 2.28. The van der Waals surface area contributed by atoms with Crippen LogP contribution in [-0.2, 0) is 9.53 Å². The Morgan fingerprint density at radius 2 is 1.90 bits per heavy atom. The van der Waals surface area contributed by atoms with Crippen LogP contribution in [0.3, 0.4) is 0 Å². The van der Waals surface area contributed by atoms with Gasteiger partial charge in [-0.3, -0.25) is 4.79 Å². The van der Waals surface area contributed by atoms with E-state index in [2.05, 4.69) is 0 Å². The molecular weight excluding hydrogens is 286 g/mol. The Kier molecular flexibility index (Phi) is 3.75. The highest BCUT2D eigenvalue weighted by Crippen LogP contribution is 2.43. The van der Waals surface area contributed by atoms with Crippen LogP contribution in [0.2, 0.25) is 0 Å². The lowest BCUT2D eigenvalue weighted by Gasteiger charge is -2.15. The molecular formula is C16H15NO3S. The van der Waals surface area contributed by atoms with Crippen molar-refractivity contribution in [2.24, 2.45) is 5.73 Å². The lowest BCUT2D eigenvalue weighted by molar-refractivity contribution is -0.127. The molecule has 1 aliphatic carbocycles. The summed E-state index contributed by atoms with van der Waals surface area (Å²) < 4.78 is 5.36. The van der Waals surface area contributed by atoms with Crippen molar-refractivity contribution < 1.29 is 14.3 Å². The fraction of sp³-hybridized carbons (Fsp3) is 0.250. The van der Waals surface area contributed by atoms with Crippen LogP contribution in [0.5, 0.6) is 0 Å². The molecule has 5 heteroatoms. The maximum atomic E-state index is 12.3. The van der Waals surface area contributed by atoms with Gasteiger partial charge >= 0.3 is 5.97 Å². The molecule has 2 aromatic rings. The Morgan fingerprint density at radius 3 is 2.52 bits per heavy atom. The third-order valence-corrected chi connectivity index (χ3v) is 4.39. The molecule has 0 aliphatic heterocycles. The molecule has 3 rings (SSSR count). The van der Waals surface area contributed by atoms with Crippen molar-refractivity contribution in [3.8, 4) is 0 Å². The van der Waals surface area contributed by atoms with Gasteiger partial charge in [0.1, 0.15) is 4.88 Å². The first kappa shape index (κ1) is 13.8. The van der Waals surface area contributed by atoms with Gasteiger partial charge in [-0.05, 0) is 35.8 Å². The van der Waals surface area contributed by atoms with E-state index in [1.165, 1.54) is 11.3 Å². The molecule has 0 spiro atoms. The molecule has 1 atom stereocenters. The molecule has 1 aliphatic rings. The molecule has 0 saturated heterocycles. The second-order valence-corrected chi connectivity index (χ2v) is 5.99. The summed E-state index contributed by atoms with van der Waals surface area (Å²) in [4.78, 5) is 24.5. The van der Waals surface area contributed by atoms with E-state index < -0.39 is 18.0 Å². The molecule has 2 N–H and O–H groups in total. The number of thiophene rings is 1. The highest BCUT2D eigenvalue weighted by Gasteiger charge is 2.31. The molecule has 21 heavy (non-hydrogen) atoms. The zero-order chi connectivity index (χ0) is 14.8. The summed E-state index contributed by atoms with van der Waals surface area (Å²) in [5.74, 6) is -0.679. The minimum Gasteiger partial charge on any atom is -0.443 e. The third kappa shape index (κ3) is 2.97. The van der Waals surface area contributed by atoms with Crippen molar-refractivity contribution in [2.75, 3.05) is 0 Å². The quantitative estimate of drug-likeness (QED) is 0.863. The van der Waals surface area contributed by atoms with E-state index in [4.69, 9.17) is 10.5 Å². The first-order valence-corrected chi connectivity index (χ1v) is 7.67. The lowest BCUT2D eigenvalue weighted by atomic mass is 10.1. The van der Waals surface area contributed by atoms with Crippen LogP contribution in [-0.4, -0.2) is 11.9 Å². The zero-order valence-corrected chi connectivity index (χ0v) is 12.1. The van der Waals surface area contributed by atoms with Crippen molar-refractivity contribution in [1.29, 1.82) is 0 Å². The standard InChI is InChI=1S/C16H15NO3S/c17-15(18)13(11-4-2-1-3-5-11)20-16(19)14-12(8-9-21-14)10-6-7-10/h1-5,8-10,13H,6-7H2,(H2,17,18)/t13-/m1/s1. The maximum absolute atomic E-state index is 12.3. The molecule has 1 saturated carbocycles. The van der Waals surface area contributed by atoms with Crippen molar-refractivity contribution in [1.82, 2.24) is 0 Å². The van der Waals surface area contributed by atoms with E-state index in [0.717, 1.165) is 18.4 Å². The van der Waals surface area contributed by atoms with Gasteiger partial charge in [0.2, 0.25) is 6.10 Å². The summed E-state index contributed by atoms with van der Waals surface area (Å²) in [5, 5.41) is 1.88. The second-order valence-electron chi connectivity index (χ2n) is 5.08. The van der Waals surface area contributed by atoms with Gasteiger partial charge in [0.05, 0.1) is 0 Å².